The van der Waals surface area contributed by atoms with Crippen LogP contribution in [0.15, 0.2) is 68.3 Å². The molecule has 0 fully saturated rings. The zero-order valence-corrected chi connectivity index (χ0v) is 22.6. The predicted molar refractivity (Wildman–Crippen MR) is 145 cm³/mol. The average Bonchev–Trinajstić information content (AvgIpc) is 3.26. The van der Waals surface area contributed by atoms with E-state index in [0.29, 0.717) is 25.6 Å². The monoisotopic (exact) mass is 536 g/mol. The molecule has 0 amide bonds. The van der Waals surface area contributed by atoms with E-state index in [2.05, 4.69) is 4.99 Å². The molecule has 5 rings (SSSR count). The molecule has 2 aromatic carbocycles. The highest BCUT2D eigenvalue weighted by molar-refractivity contribution is 7.07. The van der Waals surface area contributed by atoms with Crippen molar-refractivity contribution in [3.05, 3.63) is 100 Å². The van der Waals surface area contributed by atoms with Crippen LogP contribution in [0, 0.1) is 0 Å². The number of allylic oxidation sites excluding steroid dienone is 1. The number of aryl methyl sites for hydroxylation is 2. The Kier molecular flexibility index (Phi) is 6.29. The summed E-state index contributed by atoms with van der Waals surface area (Å²) in [5.41, 5.74) is 3.28. The predicted octanol–water partition coefficient (Wildman–Crippen LogP) is 3.03. The van der Waals surface area contributed by atoms with Gasteiger partial charge in [-0.2, -0.15) is 0 Å². The molecule has 1 aliphatic heterocycles. The third-order valence-electron chi connectivity index (χ3n) is 6.38. The van der Waals surface area contributed by atoms with Gasteiger partial charge in [0.1, 0.15) is 6.04 Å². The largest absolute Gasteiger partial charge is 0.459 e. The Bertz CT molecular complexity index is 1860. The van der Waals surface area contributed by atoms with Gasteiger partial charge in [0.25, 0.3) is 5.56 Å². The molecule has 0 saturated carbocycles. The van der Waals surface area contributed by atoms with Gasteiger partial charge in [0, 0.05) is 19.1 Å². The lowest BCUT2D eigenvalue weighted by Gasteiger charge is -2.26. The number of carbonyl (C=O) groups is 1. The molecule has 0 bridgehead atoms. The molecule has 0 saturated heterocycles. The third kappa shape index (κ3) is 4.18. The summed E-state index contributed by atoms with van der Waals surface area (Å²) in [4.78, 5) is 44.4. The normalized spacial score (nSPS) is 15.9. The number of esters is 1. The summed E-state index contributed by atoms with van der Waals surface area (Å²) in [6.07, 6.45) is 1.43. The Balaban J connectivity index is 1.73. The number of ether oxygens (including phenoxy) is 1. The van der Waals surface area contributed by atoms with E-state index in [4.69, 9.17) is 16.3 Å². The van der Waals surface area contributed by atoms with Gasteiger partial charge < -0.3 is 4.74 Å². The van der Waals surface area contributed by atoms with Gasteiger partial charge in [-0.3, -0.25) is 18.5 Å². The smallest absolute Gasteiger partial charge is 0.338 e. The highest BCUT2D eigenvalue weighted by atomic mass is 35.5. The van der Waals surface area contributed by atoms with E-state index >= 15 is 0 Å². The van der Waals surface area contributed by atoms with Gasteiger partial charge in [0.05, 0.1) is 32.9 Å². The van der Waals surface area contributed by atoms with Crippen LogP contribution >= 0.6 is 22.9 Å². The third-order valence-corrected chi connectivity index (χ3v) is 7.71. The number of hydrogen-bond acceptors (Lipinski definition) is 6. The van der Waals surface area contributed by atoms with Crippen LogP contribution in [-0.4, -0.2) is 25.8 Å². The van der Waals surface area contributed by atoms with Crippen LogP contribution in [0.5, 0.6) is 0 Å². The van der Waals surface area contributed by atoms with Crippen LogP contribution in [0.3, 0.4) is 0 Å². The van der Waals surface area contributed by atoms with E-state index in [1.54, 1.807) is 68.3 Å². The minimum atomic E-state index is -0.782. The van der Waals surface area contributed by atoms with Crippen molar-refractivity contribution in [2.45, 2.75) is 32.9 Å². The van der Waals surface area contributed by atoms with E-state index in [9.17, 15) is 14.4 Å². The van der Waals surface area contributed by atoms with E-state index in [-0.39, 0.29) is 22.9 Å². The van der Waals surface area contributed by atoms with Crippen LogP contribution in [0.1, 0.15) is 37.9 Å². The van der Waals surface area contributed by atoms with E-state index in [1.165, 1.54) is 15.9 Å². The van der Waals surface area contributed by atoms with Crippen molar-refractivity contribution < 1.29 is 9.53 Å². The van der Waals surface area contributed by atoms with Crippen LogP contribution in [-0.2, 0) is 23.6 Å². The van der Waals surface area contributed by atoms with E-state index in [1.807, 2.05) is 24.3 Å². The van der Waals surface area contributed by atoms with Crippen LogP contribution in [0.2, 0.25) is 5.02 Å². The van der Waals surface area contributed by atoms with Gasteiger partial charge in [0.15, 0.2) is 4.80 Å². The molecule has 1 aliphatic rings. The van der Waals surface area contributed by atoms with Gasteiger partial charge in [0.2, 0.25) is 0 Å². The molecule has 1 atom stereocenters. The Morgan fingerprint density at radius 3 is 2.51 bits per heavy atom. The first-order chi connectivity index (χ1) is 17.6. The number of thiazole rings is 1. The minimum Gasteiger partial charge on any atom is -0.459 e. The Morgan fingerprint density at radius 2 is 1.81 bits per heavy atom. The number of nitrogens with zero attached hydrogens (tertiary/aromatic N) is 4. The number of imidazole rings is 1. The van der Waals surface area contributed by atoms with Gasteiger partial charge in [-0.1, -0.05) is 47.2 Å². The minimum absolute atomic E-state index is 0.123. The standard InChI is InChI=1S/C27H25ClN4O4S/c1-14(2)36-25(34)22-15(3)29-26-32(23(22)17-8-6-7-9-18(17)28)24(33)21(37-26)13-16-10-11-19-20(12-16)31(5)27(35)30(19)4/h6-14,23H,1-5H3. The van der Waals surface area contributed by atoms with Crippen molar-refractivity contribution >= 4 is 46.0 Å². The zero-order chi connectivity index (χ0) is 26.6. The van der Waals surface area contributed by atoms with Gasteiger partial charge in [-0.15, -0.1) is 0 Å². The van der Waals surface area contributed by atoms with Gasteiger partial charge >= 0.3 is 11.7 Å². The number of aromatic nitrogens is 3. The Hall–Kier alpha value is -3.69. The van der Waals surface area contributed by atoms with Crippen LogP contribution in [0.4, 0.5) is 0 Å². The first-order valence-electron chi connectivity index (χ1n) is 11.7. The maximum absolute atomic E-state index is 13.8. The first-order valence-corrected chi connectivity index (χ1v) is 12.9. The highest BCUT2D eigenvalue weighted by Gasteiger charge is 2.34. The second-order valence-electron chi connectivity index (χ2n) is 9.21. The number of benzene rings is 2. The average molecular weight is 537 g/mol. The summed E-state index contributed by atoms with van der Waals surface area (Å²) in [6, 6.07) is 12.0. The lowest BCUT2D eigenvalue weighted by molar-refractivity contribution is -0.143. The molecule has 190 valence electrons. The molecular weight excluding hydrogens is 512 g/mol. The molecule has 0 N–H and O–H groups in total. The summed E-state index contributed by atoms with van der Waals surface area (Å²) in [6.45, 7) is 5.28. The number of carbonyl (C=O) groups excluding carboxylic acids is 1. The van der Waals surface area contributed by atoms with E-state index in [0.717, 1.165) is 16.6 Å². The number of rotatable bonds is 4. The van der Waals surface area contributed by atoms with Crippen molar-refractivity contribution in [3.63, 3.8) is 0 Å². The van der Waals surface area contributed by atoms with Gasteiger partial charge in [-0.05, 0) is 56.2 Å². The molecule has 4 aromatic rings. The van der Waals surface area contributed by atoms with Gasteiger partial charge in [-0.25, -0.2) is 14.6 Å². The molecule has 37 heavy (non-hydrogen) atoms. The second-order valence-corrected chi connectivity index (χ2v) is 10.6. The molecular formula is C27H25ClN4O4S. The molecule has 2 aromatic heterocycles. The maximum Gasteiger partial charge on any atom is 0.338 e. The molecule has 0 spiro atoms. The zero-order valence-electron chi connectivity index (χ0n) is 21.0. The summed E-state index contributed by atoms with van der Waals surface area (Å²) in [7, 11) is 3.44. The summed E-state index contributed by atoms with van der Waals surface area (Å²) < 4.78 is 10.6. The van der Waals surface area contributed by atoms with Crippen molar-refractivity contribution in [2.24, 2.45) is 19.1 Å². The summed E-state index contributed by atoms with van der Waals surface area (Å²) in [5, 5.41) is 0.432. The SMILES string of the molecule is CC1=C(C(=O)OC(C)C)C(c2ccccc2Cl)n2c(sc(=Cc3ccc4c(c3)n(C)c(=O)n4C)c2=O)=N1. The maximum atomic E-state index is 13.8. The van der Waals surface area contributed by atoms with Crippen molar-refractivity contribution in [1.82, 2.24) is 13.7 Å². The van der Waals surface area contributed by atoms with Crippen LogP contribution in [0.25, 0.3) is 17.1 Å². The lowest BCUT2D eigenvalue weighted by Crippen LogP contribution is -2.40. The van der Waals surface area contributed by atoms with Crippen molar-refractivity contribution in [1.29, 1.82) is 0 Å². The topological polar surface area (TPSA) is 87.6 Å². The van der Waals surface area contributed by atoms with Crippen LogP contribution < -0.4 is 20.6 Å². The summed E-state index contributed by atoms with van der Waals surface area (Å²) >= 11 is 7.80. The van der Waals surface area contributed by atoms with Crippen molar-refractivity contribution in [3.8, 4) is 0 Å². The molecule has 8 nitrogen and oxygen atoms in total. The Labute approximate surface area is 221 Å². The molecule has 10 heteroatoms. The number of hydrogen-bond donors (Lipinski definition) is 0. The molecule has 0 aliphatic carbocycles. The molecule has 0 radical (unpaired) electrons. The second kappa shape index (κ2) is 9.32. The summed E-state index contributed by atoms with van der Waals surface area (Å²) in [5.74, 6) is -0.536. The fourth-order valence-electron chi connectivity index (χ4n) is 4.62. The molecule has 3 heterocycles. The van der Waals surface area contributed by atoms with Crippen molar-refractivity contribution in [2.75, 3.05) is 0 Å². The number of fused-ring (bicyclic) bond motifs is 2. The Morgan fingerprint density at radius 1 is 1.11 bits per heavy atom. The fourth-order valence-corrected chi connectivity index (χ4v) is 5.90. The first kappa shape index (κ1) is 25.0. The number of halogens is 1. The highest BCUT2D eigenvalue weighted by Crippen LogP contribution is 2.34. The van der Waals surface area contributed by atoms with E-state index < -0.39 is 12.0 Å². The quantitative estimate of drug-likeness (QED) is 0.375. The molecule has 1 unspecified atom stereocenters. The fraction of sp³-hybridized carbons (Fsp3) is 0.259. The lowest BCUT2D eigenvalue weighted by atomic mass is 9.96.